The minimum atomic E-state index is -0.390. The number of nitrogens with zero attached hydrogens (tertiary/aromatic N) is 3. The van der Waals surface area contributed by atoms with Crippen LogP contribution in [0.25, 0.3) is 10.9 Å². The average Bonchev–Trinajstić information content (AvgIpc) is 3.30. The largest absolute Gasteiger partial charge is 0.356 e. The van der Waals surface area contributed by atoms with Crippen molar-refractivity contribution in [3.63, 3.8) is 0 Å². The van der Waals surface area contributed by atoms with Crippen molar-refractivity contribution < 1.29 is 9.72 Å². The number of fused-ring (bicyclic) bond motifs is 1. The number of aromatic nitrogens is 2. The maximum Gasteiger partial charge on any atom is 0.270 e. The first-order chi connectivity index (χ1) is 19.0. The van der Waals surface area contributed by atoms with Crippen LogP contribution < -0.4 is 5.32 Å². The standard InChI is InChI=1S/C31H27ClN4O3/c32-24-11-9-23(10-12-24)27(19-31(37)34-17-15-25-8-4-5-16-33-25)29-21-35(20-22-6-2-1-3-7-22)30-14-13-26(36(38)39)18-28(29)30/h1-14,16,18,21,27H,15,17,19-20H2,(H,34,37). The molecule has 3 aromatic carbocycles. The lowest BCUT2D eigenvalue weighted by atomic mass is 9.88. The van der Waals surface area contributed by atoms with Crippen LogP contribution in [0, 0.1) is 10.1 Å². The van der Waals surface area contributed by atoms with Crippen LogP contribution in [0.1, 0.15) is 34.7 Å². The number of nitro benzene ring substituents is 1. The van der Waals surface area contributed by atoms with Gasteiger partial charge in [0, 0.05) is 78.0 Å². The summed E-state index contributed by atoms with van der Waals surface area (Å²) in [5, 5.41) is 16.0. The van der Waals surface area contributed by atoms with Gasteiger partial charge in [0.1, 0.15) is 0 Å². The lowest BCUT2D eigenvalue weighted by Crippen LogP contribution is -2.27. The second-order valence-electron chi connectivity index (χ2n) is 9.39. The third kappa shape index (κ3) is 6.33. The number of non-ortho nitro benzene ring substituents is 1. The summed E-state index contributed by atoms with van der Waals surface area (Å²) in [6.45, 7) is 1.06. The Hall–Kier alpha value is -4.49. The number of rotatable bonds is 10. The van der Waals surface area contributed by atoms with Crippen molar-refractivity contribution in [2.24, 2.45) is 0 Å². The molecule has 39 heavy (non-hydrogen) atoms. The van der Waals surface area contributed by atoms with E-state index in [0.29, 0.717) is 24.5 Å². The molecule has 0 saturated carbocycles. The van der Waals surface area contributed by atoms with E-state index in [0.717, 1.165) is 33.3 Å². The summed E-state index contributed by atoms with van der Waals surface area (Å²) in [5.74, 6) is -0.445. The molecule has 2 heterocycles. The van der Waals surface area contributed by atoms with E-state index >= 15 is 0 Å². The first-order valence-corrected chi connectivity index (χ1v) is 13.1. The Bertz CT molecular complexity index is 1590. The van der Waals surface area contributed by atoms with E-state index in [2.05, 4.69) is 14.9 Å². The monoisotopic (exact) mass is 538 g/mol. The molecule has 0 fully saturated rings. The number of halogens is 1. The molecule has 0 aliphatic carbocycles. The number of pyridine rings is 1. The number of hydrogen-bond acceptors (Lipinski definition) is 4. The number of nitro groups is 1. The van der Waals surface area contributed by atoms with E-state index < -0.39 is 0 Å². The van der Waals surface area contributed by atoms with Gasteiger partial charge < -0.3 is 9.88 Å². The van der Waals surface area contributed by atoms with Gasteiger partial charge in [-0.1, -0.05) is 60.1 Å². The Kier molecular flexibility index (Phi) is 7.99. The van der Waals surface area contributed by atoms with Gasteiger partial charge in [0.25, 0.3) is 5.69 Å². The maximum atomic E-state index is 13.2. The first-order valence-electron chi connectivity index (χ1n) is 12.7. The van der Waals surface area contributed by atoms with Crippen molar-refractivity contribution in [2.75, 3.05) is 6.54 Å². The van der Waals surface area contributed by atoms with Crippen LogP contribution >= 0.6 is 11.6 Å². The Morgan fingerprint density at radius 1 is 1.00 bits per heavy atom. The molecule has 1 amide bonds. The summed E-state index contributed by atoms with van der Waals surface area (Å²) in [6.07, 6.45) is 4.55. The molecular formula is C31H27ClN4O3. The minimum absolute atomic E-state index is 0.0101. The van der Waals surface area contributed by atoms with Crippen LogP contribution in [0.3, 0.4) is 0 Å². The summed E-state index contributed by atoms with van der Waals surface area (Å²) in [5.41, 5.74) is 4.65. The van der Waals surface area contributed by atoms with E-state index in [1.165, 1.54) is 6.07 Å². The number of benzene rings is 3. The maximum absolute atomic E-state index is 13.2. The molecule has 8 heteroatoms. The third-order valence-electron chi connectivity index (χ3n) is 6.77. The zero-order chi connectivity index (χ0) is 27.2. The molecule has 0 aliphatic heterocycles. The molecular weight excluding hydrogens is 512 g/mol. The van der Waals surface area contributed by atoms with E-state index in [-0.39, 0.29) is 28.9 Å². The second kappa shape index (κ2) is 11.9. The Morgan fingerprint density at radius 3 is 2.49 bits per heavy atom. The highest BCUT2D eigenvalue weighted by atomic mass is 35.5. The van der Waals surface area contributed by atoms with E-state index in [1.54, 1.807) is 30.5 Å². The molecule has 196 valence electrons. The van der Waals surface area contributed by atoms with Crippen LogP contribution in [0.15, 0.2) is 103 Å². The molecule has 0 radical (unpaired) electrons. The van der Waals surface area contributed by atoms with Gasteiger partial charge in [-0.05, 0) is 47.0 Å². The molecule has 5 aromatic rings. The van der Waals surface area contributed by atoms with Crippen LogP contribution in [0.5, 0.6) is 0 Å². The Morgan fingerprint density at radius 2 is 1.77 bits per heavy atom. The fourth-order valence-corrected chi connectivity index (χ4v) is 4.98. The third-order valence-corrected chi connectivity index (χ3v) is 7.02. The molecule has 0 saturated heterocycles. The minimum Gasteiger partial charge on any atom is -0.356 e. The van der Waals surface area contributed by atoms with Gasteiger partial charge in [-0.15, -0.1) is 0 Å². The Balaban J connectivity index is 1.51. The van der Waals surface area contributed by atoms with Crippen molar-refractivity contribution in [3.8, 4) is 0 Å². The predicted molar refractivity (Wildman–Crippen MR) is 153 cm³/mol. The van der Waals surface area contributed by atoms with Crippen LogP contribution in [0.2, 0.25) is 5.02 Å². The van der Waals surface area contributed by atoms with Crippen molar-refractivity contribution in [3.05, 3.63) is 141 Å². The summed E-state index contributed by atoms with van der Waals surface area (Å²) in [7, 11) is 0. The van der Waals surface area contributed by atoms with Gasteiger partial charge in [-0.2, -0.15) is 0 Å². The normalized spacial score (nSPS) is 11.8. The number of amides is 1. The van der Waals surface area contributed by atoms with Crippen molar-refractivity contribution >= 4 is 34.1 Å². The molecule has 1 unspecified atom stereocenters. The number of hydrogen-bond donors (Lipinski definition) is 1. The van der Waals surface area contributed by atoms with E-state index in [4.69, 9.17) is 11.6 Å². The van der Waals surface area contributed by atoms with Gasteiger partial charge in [-0.3, -0.25) is 19.9 Å². The van der Waals surface area contributed by atoms with Crippen molar-refractivity contribution in [1.82, 2.24) is 14.9 Å². The molecule has 0 bridgehead atoms. The average molecular weight is 539 g/mol. The Labute approximate surface area is 231 Å². The highest BCUT2D eigenvalue weighted by Gasteiger charge is 2.24. The SMILES string of the molecule is O=C(CC(c1ccc(Cl)cc1)c1cn(Cc2ccccc2)c2ccc([N+](=O)[O-])cc12)NCCc1ccccn1. The quantitative estimate of drug-likeness (QED) is 0.162. The molecule has 1 atom stereocenters. The topological polar surface area (TPSA) is 90.1 Å². The smallest absolute Gasteiger partial charge is 0.270 e. The van der Waals surface area contributed by atoms with Crippen LogP contribution in [-0.2, 0) is 17.8 Å². The molecule has 7 nitrogen and oxygen atoms in total. The summed E-state index contributed by atoms with van der Waals surface area (Å²) < 4.78 is 2.09. The number of carbonyl (C=O) groups is 1. The van der Waals surface area contributed by atoms with E-state index in [1.807, 2.05) is 66.9 Å². The molecule has 2 aromatic heterocycles. The zero-order valence-corrected chi connectivity index (χ0v) is 21.9. The van der Waals surface area contributed by atoms with Crippen LogP contribution in [-0.4, -0.2) is 26.9 Å². The van der Waals surface area contributed by atoms with Crippen molar-refractivity contribution in [1.29, 1.82) is 0 Å². The van der Waals surface area contributed by atoms with Gasteiger partial charge in [0.15, 0.2) is 0 Å². The summed E-state index contributed by atoms with van der Waals surface area (Å²) in [6, 6.07) is 28.1. The summed E-state index contributed by atoms with van der Waals surface area (Å²) in [4.78, 5) is 28.8. The molecule has 5 rings (SSSR count). The lowest BCUT2D eigenvalue weighted by molar-refractivity contribution is -0.384. The highest BCUT2D eigenvalue weighted by molar-refractivity contribution is 6.30. The molecule has 0 aliphatic rings. The fourth-order valence-electron chi connectivity index (χ4n) is 4.85. The fraction of sp³-hybridized carbons (Fsp3) is 0.161. The number of carbonyl (C=O) groups excluding carboxylic acids is 1. The van der Waals surface area contributed by atoms with Crippen LogP contribution in [0.4, 0.5) is 5.69 Å². The zero-order valence-electron chi connectivity index (χ0n) is 21.2. The van der Waals surface area contributed by atoms with Crippen molar-refractivity contribution in [2.45, 2.75) is 25.3 Å². The van der Waals surface area contributed by atoms with Gasteiger partial charge in [0.05, 0.1) is 4.92 Å². The van der Waals surface area contributed by atoms with Gasteiger partial charge in [-0.25, -0.2) is 0 Å². The predicted octanol–water partition coefficient (Wildman–Crippen LogP) is 6.53. The van der Waals surface area contributed by atoms with E-state index in [9.17, 15) is 14.9 Å². The second-order valence-corrected chi connectivity index (χ2v) is 9.82. The summed E-state index contributed by atoms with van der Waals surface area (Å²) >= 11 is 6.18. The number of nitrogens with one attached hydrogen (secondary N) is 1. The molecule has 1 N–H and O–H groups in total. The first kappa shape index (κ1) is 26.1. The van der Waals surface area contributed by atoms with Gasteiger partial charge in [0.2, 0.25) is 5.91 Å². The molecule has 0 spiro atoms. The van der Waals surface area contributed by atoms with Gasteiger partial charge >= 0.3 is 0 Å². The lowest BCUT2D eigenvalue weighted by Gasteiger charge is -2.17. The highest BCUT2D eigenvalue weighted by Crippen LogP contribution is 2.37.